The van der Waals surface area contributed by atoms with Gasteiger partial charge in [0.15, 0.2) is 0 Å². The number of sulfonamides is 1. The Hall–Kier alpha value is -0.850. The molecule has 0 aromatic carbocycles. The van der Waals surface area contributed by atoms with Gasteiger partial charge in [0.05, 0.1) is 6.61 Å². The van der Waals surface area contributed by atoms with Crippen molar-refractivity contribution in [2.24, 2.45) is 13.0 Å². The van der Waals surface area contributed by atoms with Gasteiger partial charge in [-0.1, -0.05) is 0 Å². The predicted octanol–water partition coefficient (Wildman–Crippen LogP) is 1.08. The van der Waals surface area contributed by atoms with Gasteiger partial charge in [-0.25, -0.2) is 8.42 Å². The van der Waals surface area contributed by atoms with Gasteiger partial charge in [0.1, 0.15) is 4.90 Å². The van der Waals surface area contributed by atoms with E-state index < -0.39 is 10.0 Å². The third-order valence-electron chi connectivity index (χ3n) is 3.94. The average molecular weight is 284 g/mol. The first kappa shape index (κ1) is 13.1. The van der Waals surface area contributed by atoms with Crippen molar-refractivity contribution in [3.8, 4) is 0 Å². The number of hydrogen-bond acceptors (Lipinski definition) is 3. The molecule has 0 radical (unpaired) electrons. The van der Waals surface area contributed by atoms with Crippen molar-refractivity contribution in [3.05, 3.63) is 18.0 Å². The molecule has 0 amide bonds. The summed E-state index contributed by atoms with van der Waals surface area (Å²) in [6, 6.07) is 1.78. The molecule has 1 aromatic rings. The Morgan fingerprint density at radius 3 is 2.53 bits per heavy atom. The van der Waals surface area contributed by atoms with Crippen LogP contribution in [0.1, 0.15) is 31.4 Å². The molecule has 1 heterocycles. The van der Waals surface area contributed by atoms with Crippen molar-refractivity contribution in [1.29, 1.82) is 0 Å². The first-order valence-corrected chi connectivity index (χ1v) is 8.24. The molecule has 0 spiro atoms. The van der Waals surface area contributed by atoms with Crippen molar-refractivity contribution in [3.63, 3.8) is 0 Å². The van der Waals surface area contributed by atoms with Crippen LogP contribution in [0.25, 0.3) is 0 Å². The zero-order chi connectivity index (χ0) is 13.6. The quantitative estimate of drug-likeness (QED) is 0.850. The molecule has 2 fully saturated rings. The van der Waals surface area contributed by atoms with Crippen LogP contribution >= 0.6 is 0 Å². The molecule has 19 heavy (non-hydrogen) atoms. The summed E-state index contributed by atoms with van der Waals surface area (Å²) in [6.45, 7) is 0.522. The van der Waals surface area contributed by atoms with Gasteiger partial charge in [0.2, 0.25) is 10.0 Å². The van der Waals surface area contributed by atoms with Crippen LogP contribution in [0.3, 0.4) is 0 Å². The number of aryl methyl sites for hydroxylation is 1. The Morgan fingerprint density at radius 2 is 2.05 bits per heavy atom. The van der Waals surface area contributed by atoms with E-state index in [2.05, 4.69) is 0 Å². The summed E-state index contributed by atoms with van der Waals surface area (Å²) < 4.78 is 28.7. The number of nitrogens with zero attached hydrogens (tertiary/aromatic N) is 2. The van der Waals surface area contributed by atoms with Crippen LogP contribution in [-0.4, -0.2) is 35.0 Å². The number of rotatable bonds is 6. The van der Waals surface area contributed by atoms with E-state index in [0.717, 1.165) is 25.7 Å². The fourth-order valence-electron chi connectivity index (χ4n) is 2.37. The molecule has 106 valence electrons. The molecule has 6 heteroatoms. The molecule has 0 aliphatic heterocycles. The zero-order valence-electron chi connectivity index (χ0n) is 11.1. The molecule has 3 rings (SSSR count). The fraction of sp³-hybridized carbons (Fsp3) is 0.692. The molecule has 1 N–H and O–H groups in total. The fourth-order valence-corrected chi connectivity index (χ4v) is 4.23. The molecule has 0 unspecified atom stereocenters. The zero-order valence-corrected chi connectivity index (χ0v) is 11.9. The van der Waals surface area contributed by atoms with Gasteiger partial charge in [0, 0.05) is 31.5 Å². The largest absolute Gasteiger partial charge is 0.390 e. The Kier molecular flexibility index (Phi) is 3.19. The van der Waals surface area contributed by atoms with Gasteiger partial charge in [0.25, 0.3) is 0 Å². The Bertz CT molecular complexity index is 571. The van der Waals surface area contributed by atoms with Gasteiger partial charge >= 0.3 is 0 Å². The van der Waals surface area contributed by atoms with Gasteiger partial charge in [-0.3, -0.25) is 0 Å². The topological polar surface area (TPSA) is 62.5 Å². The second-order valence-corrected chi connectivity index (χ2v) is 7.58. The van der Waals surface area contributed by atoms with Crippen molar-refractivity contribution >= 4 is 10.0 Å². The van der Waals surface area contributed by atoms with Gasteiger partial charge in [-0.15, -0.1) is 0 Å². The smallest absolute Gasteiger partial charge is 0.244 e. The molecule has 0 bridgehead atoms. The minimum absolute atomic E-state index is 0.141. The molecule has 2 aliphatic carbocycles. The van der Waals surface area contributed by atoms with E-state index in [0.29, 0.717) is 23.1 Å². The average Bonchev–Trinajstić information content (AvgIpc) is 3.24. The first-order valence-electron chi connectivity index (χ1n) is 6.80. The number of aromatic nitrogens is 1. The molecular formula is C13H20N2O3S. The maximum Gasteiger partial charge on any atom is 0.244 e. The van der Waals surface area contributed by atoms with Crippen LogP contribution in [0.5, 0.6) is 0 Å². The SMILES string of the molecule is Cn1cc(S(=O)(=O)N(CC2CC2)C2CC2)cc1CO. The van der Waals surface area contributed by atoms with Gasteiger partial charge in [-0.05, 0) is 37.7 Å². The van der Waals surface area contributed by atoms with Crippen molar-refractivity contribution in [1.82, 2.24) is 8.87 Å². The number of hydrogen-bond donors (Lipinski definition) is 1. The van der Waals surface area contributed by atoms with Crippen LogP contribution in [0.2, 0.25) is 0 Å². The lowest BCUT2D eigenvalue weighted by atomic mass is 10.4. The minimum atomic E-state index is -3.40. The van der Waals surface area contributed by atoms with Crippen LogP contribution in [-0.2, 0) is 23.7 Å². The van der Waals surface area contributed by atoms with E-state index in [4.69, 9.17) is 0 Å². The summed E-state index contributed by atoms with van der Waals surface area (Å²) >= 11 is 0. The van der Waals surface area contributed by atoms with Crippen molar-refractivity contribution < 1.29 is 13.5 Å². The third kappa shape index (κ3) is 2.57. The summed E-state index contributed by atoms with van der Waals surface area (Å²) in [7, 11) is -1.65. The third-order valence-corrected chi connectivity index (χ3v) is 5.82. The predicted molar refractivity (Wildman–Crippen MR) is 71.0 cm³/mol. The summed E-state index contributed by atoms with van der Waals surface area (Å²) in [5, 5.41) is 9.18. The highest BCUT2D eigenvalue weighted by Gasteiger charge is 2.41. The number of aliphatic hydroxyl groups is 1. The Labute approximate surface area is 113 Å². The van der Waals surface area contributed by atoms with Crippen LogP contribution in [0.4, 0.5) is 0 Å². The van der Waals surface area contributed by atoms with Crippen molar-refractivity contribution in [2.45, 2.75) is 43.2 Å². The van der Waals surface area contributed by atoms with E-state index >= 15 is 0 Å². The first-order chi connectivity index (χ1) is 9.02. The molecule has 0 saturated heterocycles. The van der Waals surface area contributed by atoms with E-state index in [1.54, 1.807) is 28.2 Å². The lowest BCUT2D eigenvalue weighted by Gasteiger charge is -2.20. The molecule has 2 aliphatic rings. The Morgan fingerprint density at radius 1 is 1.37 bits per heavy atom. The highest BCUT2D eigenvalue weighted by atomic mass is 32.2. The Balaban J connectivity index is 1.89. The molecule has 0 atom stereocenters. The lowest BCUT2D eigenvalue weighted by molar-refractivity contribution is 0.272. The lowest BCUT2D eigenvalue weighted by Crippen LogP contribution is -2.34. The normalized spacial score (nSPS) is 20.2. The second-order valence-electron chi connectivity index (χ2n) is 5.69. The molecule has 2 saturated carbocycles. The van der Waals surface area contributed by atoms with Crippen LogP contribution < -0.4 is 0 Å². The molecular weight excluding hydrogens is 264 g/mol. The molecule has 1 aromatic heterocycles. The van der Waals surface area contributed by atoms with Crippen molar-refractivity contribution in [2.75, 3.05) is 6.54 Å². The summed E-state index contributed by atoms with van der Waals surface area (Å²) in [4.78, 5) is 0.312. The van der Waals surface area contributed by atoms with E-state index in [-0.39, 0.29) is 12.6 Å². The monoisotopic (exact) mass is 284 g/mol. The summed E-state index contributed by atoms with van der Waals surface area (Å²) in [5.41, 5.74) is 0.626. The highest BCUT2D eigenvalue weighted by molar-refractivity contribution is 7.89. The van der Waals surface area contributed by atoms with E-state index in [1.165, 1.54) is 0 Å². The standard InChI is InChI=1S/C13H20N2O3S/c1-14-8-13(6-12(14)9-16)19(17,18)15(11-4-5-11)7-10-2-3-10/h6,8,10-11,16H,2-5,7,9H2,1H3. The minimum Gasteiger partial charge on any atom is -0.390 e. The summed E-state index contributed by atoms with van der Waals surface area (Å²) in [6.07, 6.45) is 5.85. The second kappa shape index (κ2) is 4.61. The number of aliphatic hydroxyl groups excluding tert-OH is 1. The maximum absolute atomic E-state index is 12.7. The van der Waals surface area contributed by atoms with Gasteiger partial charge < -0.3 is 9.67 Å². The van der Waals surface area contributed by atoms with E-state index in [1.807, 2.05) is 0 Å². The van der Waals surface area contributed by atoms with Crippen LogP contribution in [0.15, 0.2) is 17.2 Å². The molecule has 5 nitrogen and oxygen atoms in total. The maximum atomic E-state index is 12.7. The van der Waals surface area contributed by atoms with E-state index in [9.17, 15) is 13.5 Å². The highest BCUT2D eigenvalue weighted by Crippen LogP contribution is 2.38. The summed E-state index contributed by atoms with van der Waals surface area (Å²) in [5.74, 6) is 0.552. The van der Waals surface area contributed by atoms with Crippen LogP contribution in [0, 0.1) is 5.92 Å². The van der Waals surface area contributed by atoms with Gasteiger partial charge in [-0.2, -0.15) is 4.31 Å².